The fourth-order valence-corrected chi connectivity index (χ4v) is 2.59. The largest absolute Gasteiger partial charge is 0.355 e. The van der Waals surface area contributed by atoms with Crippen LogP contribution in [-0.2, 0) is 10.0 Å². The van der Waals surface area contributed by atoms with Gasteiger partial charge in [0.25, 0.3) is 0 Å². The Hall–Kier alpha value is -0.860. The second-order valence-electron chi connectivity index (χ2n) is 4.01. The zero-order valence-corrected chi connectivity index (χ0v) is 13.0. The van der Waals surface area contributed by atoms with E-state index in [2.05, 4.69) is 26.9 Å². The molecule has 19 heavy (non-hydrogen) atoms. The van der Waals surface area contributed by atoms with E-state index in [0.29, 0.717) is 24.3 Å². The summed E-state index contributed by atoms with van der Waals surface area (Å²) >= 11 is 1.71. The molecule has 0 fully saturated rings. The highest BCUT2D eigenvalue weighted by Gasteiger charge is 2.15. The average molecular weight is 304 g/mol. The monoisotopic (exact) mass is 304 g/mol. The van der Waals surface area contributed by atoms with Gasteiger partial charge in [-0.2, -0.15) is 11.8 Å². The molecule has 108 valence electrons. The summed E-state index contributed by atoms with van der Waals surface area (Å²) in [4.78, 5) is 7.99. The van der Waals surface area contributed by atoms with Crippen LogP contribution in [0.3, 0.4) is 0 Å². The minimum Gasteiger partial charge on any atom is -0.355 e. The predicted molar refractivity (Wildman–Crippen MR) is 79.0 cm³/mol. The standard InChI is InChI=1S/C11H20N4O2S2/c1-4-12-11-13-7-10(8-14-11)19(16,17)15-6-5-9(2)18-3/h7-9,15H,4-6H2,1-3H3,(H,12,13,14). The number of anilines is 1. The quantitative estimate of drug-likeness (QED) is 0.754. The van der Waals surface area contributed by atoms with Crippen molar-refractivity contribution < 1.29 is 8.42 Å². The summed E-state index contributed by atoms with van der Waals surface area (Å²) < 4.78 is 26.5. The number of hydrogen-bond acceptors (Lipinski definition) is 6. The molecule has 6 nitrogen and oxygen atoms in total. The van der Waals surface area contributed by atoms with Crippen LogP contribution in [0.5, 0.6) is 0 Å². The summed E-state index contributed by atoms with van der Waals surface area (Å²) in [5, 5.41) is 3.34. The molecule has 1 aromatic heterocycles. The van der Waals surface area contributed by atoms with Crippen molar-refractivity contribution in [3.8, 4) is 0 Å². The summed E-state index contributed by atoms with van der Waals surface area (Å²) in [5.74, 6) is 0.428. The molecule has 2 N–H and O–H groups in total. The van der Waals surface area contributed by atoms with Gasteiger partial charge in [-0.1, -0.05) is 6.92 Å². The van der Waals surface area contributed by atoms with E-state index >= 15 is 0 Å². The van der Waals surface area contributed by atoms with Crippen LogP contribution in [0.25, 0.3) is 0 Å². The van der Waals surface area contributed by atoms with Crippen molar-refractivity contribution in [3.05, 3.63) is 12.4 Å². The van der Waals surface area contributed by atoms with Gasteiger partial charge in [0.15, 0.2) is 0 Å². The lowest BCUT2D eigenvalue weighted by Crippen LogP contribution is -2.26. The van der Waals surface area contributed by atoms with Crippen LogP contribution in [0.1, 0.15) is 20.3 Å². The Morgan fingerprint density at radius 3 is 2.53 bits per heavy atom. The minimum absolute atomic E-state index is 0.0888. The Morgan fingerprint density at radius 1 is 1.37 bits per heavy atom. The van der Waals surface area contributed by atoms with Crippen LogP contribution in [0, 0.1) is 0 Å². The number of nitrogens with zero attached hydrogens (tertiary/aromatic N) is 2. The first-order valence-electron chi connectivity index (χ1n) is 6.08. The van der Waals surface area contributed by atoms with Crippen molar-refractivity contribution >= 4 is 27.7 Å². The van der Waals surface area contributed by atoms with Crippen molar-refractivity contribution in [3.63, 3.8) is 0 Å². The van der Waals surface area contributed by atoms with E-state index in [1.165, 1.54) is 12.4 Å². The van der Waals surface area contributed by atoms with Crippen LogP contribution in [0.4, 0.5) is 5.95 Å². The fraction of sp³-hybridized carbons (Fsp3) is 0.636. The molecule has 8 heteroatoms. The molecule has 0 spiro atoms. The Kier molecular flexibility index (Phi) is 6.53. The second-order valence-corrected chi connectivity index (χ2v) is 7.05. The third-order valence-electron chi connectivity index (χ3n) is 2.52. The van der Waals surface area contributed by atoms with Gasteiger partial charge in [-0.15, -0.1) is 0 Å². The zero-order valence-electron chi connectivity index (χ0n) is 11.4. The molecule has 1 rings (SSSR count). The summed E-state index contributed by atoms with van der Waals surface area (Å²) in [6.07, 6.45) is 5.42. The maximum atomic E-state index is 12.0. The molecule has 0 aliphatic carbocycles. The Morgan fingerprint density at radius 2 is 2.00 bits per heavy atom. The van der Waals surface area contributed by atoms with E-state index in [1.807, 2.05) is 13.2 Å². The van der Waals surface area contributed by atoms with Gasteiger partial charge in [-0.3, -0.25) is 0 Å². The topological polar surface area (TPSA) is 84.0 Å². The number of rotatable bonds is 8. The Labute approximate surface area is 118 Å². The van der Waals surface area contributed by atoms with Crippen LogP contribution in [-0.4, -0.2) is 43.0 Å². The molecule has 1 aromatic rings. The molecule has 0 saturated carbocycles. The molecule has 1 heterocycles. The highest BCUT2D eigenvalue weighted by Crippen LogP contribution is 2.10. The molecule has 1 unspecified atom stereocenters. The molecule has 0 amide bonds. The van der Waals surface area contributed by atoms with E-state index in [-0.39, 0.29) is 4.90 Å². The third kappa shape index (κ3) is 5.33. The number of hydrogen-bond donors (Lipinski definition) is 2. The van der Waals surface area contributed by atoms with Gasteiger partial charge in [0.05, 0.1) is 12.4 Å². The maximum Gasteiger partial charge on any atom is 0.243 e. The van der Waals surface area contributed by atoms with Crippen molar-refractivity contribution in [2.75, 3.05) is 24.7 Å². The van der Waals surface area contributed by atoms with Gasteiger partial charge in [0.1, 0.15) is 4.90 Å². The van der Waals surface area contributed by atoms with Gasteiger partial charge in [-0.05, 0) is 19.6 Å². The highest BCUT2D eigenvalue weighted by molar-refractivity contribution is 7.99. The molecule has 0 aliphatic rings. The molecule has 1 atom stereocenters. The lowest BCUT2D eigenvalue weighted by atomic mass is 10.3. The third-order valence-corrected chi connectivity index (χ3v) is 4.97. The van der Waals surface area contributed by atoms with Gasteiger partial charge >= 0.3 is 0 Å². The van der Waals surface area contributed by atoms with E-state index in [4.69, 9.17) is 0 Å². The molecular formula is C11H20N4O2S2. The molecule has 0 aromatic carbocycles. The summed E-state index contributed by atoms with van der Waals surface area (Å²) in [6.45, 7) is 5.09. The number of sulfonamides is 1. The molecular weight excluding hydrogens is 284 g/mol. The first kappa shape index (κ1) is 16.2. The van der Waals surface area contributed by atoms with E-state index in [9.17, 15) is 8.42 Å². The fourth-order valence-electron chi connectivity index (χ4n) is 1.30. The van der Waals surface area contributed by atoms with Crippen molar-refractivity contribution in [2.45, 2.75) is 30.4 Å². The summed E-state index contributed by atoms with van der Waals surface area (Å²) in [7, 11) is -3.51. The molecule has 0 bridgehead atoms. The highest BCUT2D eigenvalue weighted by atomic mass is 32.2. The first-order chi connectivity index (χ1) is 8.99. The normalized spacial score (nSPS) is 13.2. The Balaban J connectivity index is 2.61. The summed E-state index contributed by atoms with van der Waals surface area (Å²) in [6, 6.07) is 0. The summed E-state index contributed by atoms with van der Waals surface area (Å²) in [5.41, 5.74) is 0. The van der Waals surface area contributed by atoms with E-state index < -0.39 is 10.0 Å². The van der Waals surface area contributed by atoms with Gasteiger partial charge in [-0.25, -0.2) is 23.1 Å². The van der Waals surface area contributed by atoms with Gasteiger partial charge < -0.3 is 5.32 Å². The lowest BCUT2D eigenvalue weighted by molar-refractivity contribution is 0.578. The maximum absolute atomic E-state index is 12.0. The molecule has 0 radical (unpaired) electrons. The smallest absolute Gasteiger partial charge is 0.243 e. The van der Waals surface area contributed by atoms with E-state index in [1.54, 1.807) is 11.8 Å². The number of thioether (sulfide) groups is 1. The lowest BCUT2D eigenvalue weighted by Gasteiger charge is -2.09. The van der Waals surface area contributed by atoms with Crippen LogP contribution >= 0.6 is 11.8 Å². The second kappa shape index (κ2) is 7.66. The minimum atomic E-state index is -3.51. The van der Waals surface area contributed by atoms with Crippen LogP contribution in [0.15, 0.2) is 17.3 Å². The van der Waals surface area contributed by atoms with Crippen molar-refractivity contribution in [1.29, 1.82) is 0 Å². The number of nitrogens with one attached hydrogen (secondary N) is 2. The van der Waals surface area contributed by atoms with Crippen molar-refractivity contribution in [2.24, 2.45) is 0 Å². The predicted octanol–water partition coefficient (Wildman–Crippen LogP) is 1.33. The first-order valence-corrected chi connectivity index (χ1v) is 8.85. The average Bonchev–Trinajstić information content (AvgIpc) is 2.39. The van der Waals surface area contributed by atoms with Crippen molar-refractivity contribution in [1.82, 2.24) is 14.7 Å². The van der Waals surface area contributed by atoms with Gasteiger partial charge in [0, 0.05) is 18.3 Å². The molecule has 0 aliphatic heterocycles. The van der Waals surface area contributed by atoms with Crippen LogP contribution < -0.4 is 10.0 Å². The van der Waals surface area contributed by atoms with E-state index in [0.717, 1.165) is 6.42 Å². The zero-order chi connectivity index (χ0) is 14.3. The SMILES string of the molecule is CCNc1ncc(S(=O)(=O)NCCC(C)SC)cn1. The Bertz CT molecular complexity index is 476. The molecule has 0 saturated heterocycles. The van der Waals surface area contributed by atoms with Gasteiger partial charge in [0.2, 0.25) is 16.0 Å². The number of aromatic nitrogens is 2. The van der Waals surface area contributed by atoms with Crippen LogP contribution in [0.2, 0.25) is 0 Å².